The molecule has 126 valence electrons. The zero-order valence-corrected chi connectivity index (χ0v) is 15.2. The summed E-state index contributed by atoms with van der Waals surface area (Å²) in [5, 5.41) is 1.95. The lowest BCUT2D eigenvalue weighted by atomic mass is 10.2. The van der Waals surface area contributed by atoms with Crippen LogP contribution >= 0.6 is 11.3 Å². The predicted octanol–water partition coefficient (Wildman–Crippen LogP) is 4.35. The van der Waals surface area contributed by atoms with Crippen molar-refractivity contribution in [2.24, 2.45) is 0 Å². The Kier molecular flexibility index (Phi) is 4.89. The van der Waals surface area contributed by atoms with Crippen molar-refractivity contribution in [2.75, 3.05) is 0 Å². The zero-order valence-electron chi connectivity index (χ0n) is 13.6. The van der Waals surface area contributed by atoms with Gasteiger partial charge < -0.3 is 4.42 Å². The van der Waals surface area contributed by atoms with Gasteiger partial charge in [0.2, 0.25) is 10.0 Å². The molecule has 0 aliphatic carbocycles. The molecule has 3 aromatic rings. The van der Waals surface area contributed by atoms with E-state index in [1.807, 2.05) is 43.5 Å². The minimum absolute atomic E-state index is 0.282. The fourth-order valence-corrected chi connectivity index (χ4v) is 5.03. The molecule has 0 atom stereocenters. The SMILES string of the molecule is Cc1ccc(C)c(S(=O)(=O)N(Cc2ccoc2)Cc2cccs2)c1. The van der Waals surface area contributed by atoms with Crippen molar-refractivity contribution in [3.8, 4) is 0 Å². The van der Waals surface area contributed by atoms with Gasteiger partial charge in [0.25, 0.3) is 0 Å². The van der Waals surface area contributed by atoms with E-state index in [1.54, 1.807) is 36.0 Å². The molecule has 0 N–H and O–H groups in total. The number of hydrogen-bond acceptors (Lipinski definition) is 4. The molecule has 0 saturated carbocycles. The van der Waals surface area contributed by atoms with Gasteiger partial charge in [-0.25, -0.2) is 8.42 Å². The summed E-state index contributed by atoms with van der Waals surface area (Å²) >= 11 is 1.55. The smallest absolute Gasteiger partial charge is 0.243 e. The summed E-state index contributed by atoms with van der Waals surface area (Å²) in [6.45, 7) is 4.36. The first kappa shape index (κ1) is 17.0. The van der Waals surface area contributed by atoms with Crippen LogP contribution in [-0.4, -0.2) is 12.7 Å². The average Bonchev–Trinajstić information content (AvgIpc) is 3.22. The number of hydrogen-bond donors (Lipinski definition) is 0. The molecule has 0 radical (unpaired) electrons. The molecule has 2 heterocycles. The monoisotopic (exact) mass is 361 g/mol. The highest BCUT2D eigenvalue weighted by molar-refractivity contribution is 7.89. The van der Waals surface area contributed by atoms with Crippen LogP contribution in [0, 0.1) is 13.8 Å². The summed E-state index contributed by atoms with van der Waals surface area (Å²) < 4.78 is 33.1. The predicted molar refractivity (Wildman–Crippen MR) is 95.4 cm³/mol. The first-order valence-electron chi connectivity index (χ1n) is 7.57. The third kappa shape index (κ3) is 3.61. The summed E-state index contributed by atoms with van der Waals surface area (Å²) in [4.78, 5) is 1.37. The van der Waals surface area contributed by atoms with Crippen LogP contribution in [0.15, 0.2) is 63.6 Å². The van der Waals surface area contributed by atoms with Gasteiger partial charge in [-0.1, -0.05) is 18.2 Å². The van der Waals surface area contributed by atoms with E-state index in [1.165, 1.54) is 4.31 Å². The van der Waals surface area contributed by atoms with Gasteiger partial charge in [-0.15, -0.1) is 11.3 Å². The quantitative estimate of drug-likeness (QED) is 0.656. The van der Waals surface area contributed by atoms with E-state index in [0.29, 0.717) is 11.4 Å². The normalized spacial score (nSPS) is 12.0. The van der Waals surface area contributed by atoms with Crippen molar-refractivity contribution in [3.63, 3.8) is 0 Å². The molecule has 2 aromatic heterocycles. The van der Waals surface area contributed by atoms with E-state index in [-0.39, 0.29) is 6.54 Å². The van der Waals surface area contributed by atoms with Gasteiger partial charge in [0.05, 0.1) is 17.4 Å². The molecule has 3 rings (SSSR count). The molecular weight excluding hydrogens is 342 g/mol. The second-order valence-corrected chi connectivity index (χ2v) is 8.69. The maximum Gasteiger partial charge on any atom is 0.243 e. The van der Waals surface area contributed by atoms with Crippen LogP contribution in [0.1, 0.15) is 21.6 Å². The van der Waals surface area contributed by atoms with Crippen molar-refractivity contribution in [1.82, 2.24) is 4.31 Å². The number of thiophene rings is 1. The van der Waals surface area contributed by atoms with Crippen LogP contribution in [0.2, 0.25) is 0 Å². The Morgan fingerprint density at radius 3 is 2.62 bits per heavy atom. The van der Waals surface area contributed by atoms with Crippen LogP contribution in [-0.2, 0) is 23.1 Å². The number of furan rings is 1. The Bertz CT molecular complexity index is 862. The molecule has 0 unspecified atom stereocenters. The summed E-state index contributed by atoms with van der Waals surface area (Å²) in [5.41, 5.74) is 2.52. The van der Waals surface area contributed by atoms with Crippen molar-refractivity contribution >= 4 is 21.4 Å². The fourth-order valence-electron chi connectivity index (χ4n) is 2.51. The summed E-state index contributed by atoms with van der Waals surface area (Å²) in [7, 11) is -3.61. The van der Waals surface area contributed by atoms with E-state index in [2.05, 4.69) is 0 Å². The second kappa shape index (κ2) is 6.93. The fraction of sp³-hybridized carbons (Fsp3) is 0.222. The molecule has 24 heavy (non-hydrogen) atoms. The lowest BCUT2D eigenvalue weighted by molar-refractivity contribution is 0.401. The van der Waals surface area contributed by atoms with Crippen LogP contribution in [0.3, 0.4) is 0 Å². The Hall–Kier alpha value is -1.89. The highest BCUT2D eigenvalue weighted by atomic mass is 32.2. The molecule has 0 aliphatic rings. The summed E-state index contributed by atoms with van der Waals surface area (Å²) in [6.07, 6.45) is 3.14. The van der Waals surface area contributed by atoms with Crippen molar-refractivity contribution in [3.05, 3.63) is 75.9 Å². The van der Waals surface area contributed by atoms with Crippen LogP contribution in [0.5, 0.6) is 0 Å². The number of benzene rings is 1. The van der Waals surface area contributed by atoms with E-state index >= 15 is 0 Å². The Balaban J connectivity index is 2.00. The van der Waals surface area contributed by atoms with Gasteiger partial charge in [0.1, 0.15) is 0 Å². The largest absolute Gasteiger partial charge is 0.472 e. The Labute approximate surface area is 146 Å². The second-order valence-electron chi connectivity index (χ2n) is 5.75. The maximum atomic E-state index is 13.3. The van der Waals surface area contributed by atoms with Gasteiger partial charge >= 0.3 is 0 Å². The summed E-state index contributed by atoms with van der Waals surface area (Å²) in [5.74, 6) is 0. The van der Waals surface area contributed by atoms with E-state index < -0.39 is 10.0 Å². The molecule has 0 spiro atoms. The van der Waals surface area contributed by atoms with E-state index in [4.69, 9.17) is 4.42 Å². The molecule has 0 fully saturated rings. The average molecular weight is 361 g/mol. The number of nitrogens with zero attached hydrogens (tertiary/aromatic N) is 1. The van der Waals surface area contributed by atoms with Gasteiger partial charge in [-0.2, -0.15) is 4.31 Å². The molecule has 4 nitrogen and oxygen atoms in total. The van der Waals surface area contributed by atoms with Crippen molar-refractivity contribution < 1.29 is 12.8 Å². The maximum absolute atomic E-state index is 13.3. The highest BCUT2D eigenvalue weighted by Crippen LogP contribution is 2.26. The van der Waals surface area contributed by atoms with Crippen molar-refractivity contribution in [2.45, 2.75) is 31.8 Å². The first-order chi connectivity index (χ1) is 11.5. The van der Waals surface area contributed by atoms with Crippen molar-refractivity contribution in [1.29, 1.82) is 0 Å². The molecule has 0 amide bonds. The van der Waals surface area contributed by atoms with Gasteiger partial charge in [-0.3, -0.25) is 0 Å². The van der Waals surface area contributed by atoms with Crippen LogP contribution < -0.4 is 0 Å². The molecule has 0 aliphatic heterocycles. The highest BCUT2D eigenvalue weighted by Gasteiger charge is 2.27. The zero-order chi connectivity index (χ0) is 17.2. The number of rotatable bonds is 6. The Morgan fingerprint density at radius 2 is 1.96 bits per heavy atom. The third-order valence-corrected chi connectivity index (χ3v) is 6.61. The minimum Gasteiger partial charge on any atom is -0.472 e. The minimum atomic E-state index is -3.61. The first-order valence-corrected chi connectivity index (χ1v) is 9.89. The molecule has 6 heteroatoms. The van der Waals surface area contributed by atoms with E-state index in [9.17, 15) is 8.42 Å². The molecular formula is C18H19NO3S2. The lowest BCUT2D eigenvalue weighted by Gasteiger charge is -2.22. The number of aryl methyl sites for hydroxylation is 2. The topological polar surface area (TPSA) is 50.5 Å². The molecule has 1 aromatic carbocycles. The van der Waals surface area contributed by atoms with Gasteiger partial charge in [-0.05, 0) is 48.6 Å². The molecule has 0 bridgehead atoms. The summed E-state index contributed by atoms with van der Waals surface area (Å²) in [6, 6.07) is 11.2. The molecule has 0 saturated heterocycles. The third-order valence-electron chi connectivity index (χ3n) is 3.81. The van der Waals surface area contributed by atoms with Gasteiger partial charge in [0, 0.05) is 23.5 Å². The number of sulfonamides is 1. The Morgan fingerprint density at radius 1 is 1.12 bits per heavy atom. The standard InChI is InChI=1S/C18H19NO3S2/c1-14-5-6-15(2)18(10-14)24(20,21)19(11-16-7-8-22-13-16)12-17-4-3-9-23-17/h3-10,13H,11-12H2,1-2H3. The van der Waals surface area contributed by atoms with Crippen LogP contribution in [0.25, 0.3) is 0 Å². The van der Waals surface area contributed by atoms with Gasteiger partial charge in [0.15, 0.2) is 0 Å². The van der Waals surface area contributed by atoms with Crippen LogP contribution in [0.4, 0.5) is 0 Å². The lowest BCUT2D eigenvalue weighted by Crippen LogP contribution is -2.30. The van der Waals surface area contributed by atoms with E-state index in [0.717, 1.165) is 21.6 Å².